The van der Waals surface area contributed by atoms with Gasteiger partial charge in [-0.3, -0.25) is 0 Å². The van der Waals surface area contributed by atoms with Gasteiger partial charge in [-0.25, -0.2) is 14.2 Å². The molecule has 1 fully saturated rings. The molecule has 7 nitrogen and oxygen atoms in total. The summed E-state index contributed by atoms with van der Waals surface area (Å²) in [7, 11) is 0. The lowest BCUT2D eigenvalue weighted by molar-refractivity contribution is 0.140. The number of hydrogen-bond donors (Lipinski definition) is 2. The summed E-state index contributed by atoms with van der Waals surface area (Å²) in [6, 6.07) is 1.08. The molecule has 0 aliphatic carbocycles. The summed E-state index contributed by atoms with van der Waals surface area (Å²) < 4.78 is 33.7. The van der Waals surface area contributed by atoms with Gasteiger partial charge < -0.3 is 19.9 Å². The molecule has 3 N–H and O–H groups in total. The molecule has 1 aromatic rings. The zero-order chi connectivity index (χ0) is 19.5. The van der Waals surface area contributed by atoms with E-state index in [-0.39, 0.29) is 18.6 Å². The van der Waals surface area contributed by atoms with Gasteiger partial charge in [0.2, 0.25) is 0 Å². The molecule has 2 rings (SSSR count). The number of nitrogens with two attached hydrogens (primary N) is 1. The van der Waals surface area contributed by atoms with Crippen LogP contribution in [-0.4, -0.2) is 40.1 Å². The molecule has 146 valence electrons. The van der Waals surface area contributed by atoms with Crippen LogP contribution in [0.25, 0.3) is 0 Å². The second-order valence-corrected chi connectivity index (χ2v) is 9.52. The fraction of sp³-hybridized carbons (Fsp3) is 0.647. The van der Waals surface area contributed by atoms with Gasteiger partial charge in [0, 0.05) is 35.9 Å². The average Bonchev–Trinajstić information content (AvgIpc) is 3.00. The molecule has 1 saturated heterocycles. The highest BCUT2D eigenvalue weighted by Gasteiger charge is 2.31. The van der Waals surface area contributed by atoms with Gasteiger partial charge in [0.15, 0.2) is 0 Å². The van der Waals surface area contributed by atoms with E-state index in [0.29, 0.717) is 24.5 Å². The van der Waals surface area contributed by atoms with Crippen molar-refractivity contribution in [2.75, 3.05) is 24.6 Å². The van der Waals surface area contributed by atoms with E-state index in [4.69, 9.17) is 10.5 Å². The summed E-state index contributed by atoms with van der Waals surface area (Å²) >= 11 is -1.29. The minimum absolute atomic E-state index is 0.147. The van der Waals surface area contributed by atoms with Crippen molar-refractivity contribution in [3.05, 3.63) is 23.6 Å². The van der Waals surface area contributed by atoms with Gasteiger partial charge in [0.25, 0.3) is 0 Å². The Hall–Kier alpha value is -1.58. The SMILES string of the molecule is C[C@@H](N[S@+]([O-])C(C)(C)C)c1cc(F)cnc1N1CC[C@@H](COC(N)=O)C1. The number of halogens is 1. The molecule has 0 unspecified atom stereocenters. The van der Waals surface area contributed by atoms with Crippen molar-refractivity contribution in [3.63, 3.8) is 0 Å². The quantitative estimate of drug-likeness (QED) is 0.727. The van der Waals surface area contributed by atoms with Crippen LogP contribution >= 0.6 is 0 Å². The number of hydrogen-bond acceptors (Lipinski definition) is 6. The Morgan fingerprint density at radius 1 is 1.62 bits per heavy atom. The zero-order valence-corrected chi connectivity index (χ0v) is 16.4. The largest absolute Gasteiger partial charge is 0.598 e. The molecule has 1 amide bonds. The molecular formula is C17H27FN4O3S. The molecule has 0 aromatic carbocycles. The Bertz CT molecular complexity index is 641. The maximum Gasteiger partial charge on any atom is 0.404 e. The van der Waals surface area contributed by atoms with Crippen LogP contribution in [0.3, 0.4) is 0 Å². The van der Waals surface area contributed by atoms with E-state index < -0.39 is 28.0 Å². The second kappa shape index (κ2) is 8.41. The summed E-state index contributed by atoms with van der Waals surface area (Å²) in [5.41, 5.74) is 5.66. The molecule has 0 radical (unpaired) electrons. The molecule has 9 heteroatoms. The Morgan fingerprint density at radius 2 is 2.31 bits per heavy atom. The van der Waals surface area contributed by atoms with Gasteiger partial charge in [-0.1, -0.05) is 0 Å². The molecule has 26 heavy (non-hydrogen) atoms. The third-order valence-corrected chi connectivity index (χ3v) is 5.89. The van der Waals surface area contributed by atoms with Gasteiger partial charge in [-0.2, -0.15) is 0 Å². The molecular weight excluding hydrogens is 359 g/mol. The van der Waals surface area contributed by atoms with Gasteiger partial charge in [0.1, 0.15) is 16.4 Å². The smallest absolute Gasteiger partial charge is 0.404 e. The predicted octanol–water partition coefficient (Wildman–Crippen LogP) is 2.26. The Morgan fingerprint density at radius 3 is 2.92 bits per heavy atom. The summed E-state index contributed by atoms with van der Waals surface area (Å²) in [5, 5.41) is 0. The van der Waals surface area contributed by atoms with E-state index in [1.54, 1.807) is 0 Å². The fourth-order valence-corrected chi connectivity index (χ4v) is 3.59. The lowest BCUT2D eigenvalue weighted by atomic mass is 10.1. The number of pyridine rings is 1. The summed E-state index contributed by atoms with van der Waals surface area (Å²) in [5.74, 6) is 0.361. The molecule has 0 saturated carbocycles. The van der Waals surface area contributed by atoms with Crippen LogP contribution in [0.5, 0.6) is 0 Å². The number of aromatic nitrogens is 1. The average molecular weight is 386 g/mol. The van der Waals surface area contributed by atoms with Crippen LogP contribution in [-0.2, 0) is 16.1 Å². The standard InChI is InChI=1S/C17H27FN4O3S/c1-11(21-26(24)17(2,3)4)14-7-13(18)8-20-15(14)22-6-5-12(9-22)10-25-16(19)23/h7-8,11-12,21H,5-6,9-10H2,1-4H3,(H2,19,23)/t11-,12-,26-/m1/s1. The van der Waals surface area contributed by atoms with Crippen LogP contribution in [0.2, 0.25) is 0 Å². The number of primary amides is 1. The van der Waals surface area contributed by atoms with Crippen LogP contribution < -0.4 is 15.4 Å². The first-order chi connectivity index (χ1) is 12.1. The molecule has 2 heterocycles. The Kier molecular flexibility index (Phi) is 6.70. The summed E-state index contributed by atoms with van der Waals surface area (Å²) in [6.07, 6.45) is 1.22. The van der Waals surface area contributed by atoms with Crippen molar-refractivity contribution < 1.29 is 18.5 Å². The minimum atomic E-state index is -1.29. The Balaban J connectivity index is 2.14. The number of nitrogens with one attached hydrogen (secondary N) is 1. The van der Waals surface area contributed by atoms with Gasteiger partial charge in [-0.05, 0) is 40.2 Å². The maximum absolute atomic E-state index is 13.8. The van der Waals surface area contributed by atoms with Crippen LogP contribution in [0.4, 0.5) is 15.0 Å². The van der Waals surface area contributed by atoms with Crippen LogP contribution in [0, 0.1) is 11.7 Å². The molecule has 0 spiro atoms. The van der Waals surface area contributed by atoms with Crippen molar-refractivity contribution >= 4 is 23.3 Å². The Labute approximate surface area is 156 Å². The topological polar surface area (TPSA) is 104 Å². The van der Waals surface area contributed by atoms with Crippen LogP contribution in [0.15, 0.2) is 12.3 Å². The number of anilines is 1. The van der Waals surface area contributed by atoms with E-state index in [2.05, 4.69) is 9.71 Å². The number of carbonyl (C=O) groups is 1. The van der Waals surface area contributed by atoms with E-state index in [1.807, 2.05) is 32.6 Å². The number of ether oxygens (including phenoxy) is 1. The molecule has 1 aliphatic rings. The molecule has 0 bridgehead atoms. The summed E-state index contributed by atoms with van der Waals surface area (Å²) in [4.78, 5) is 17.1. The lowest BCUT2D eigenvalue weighted by Gasteiger charge is -2.28. The van der Waals surface area contributed by atoms with Crippen LogP contribution in [0.1, 0.15) is 45.7 Å². The molecule has 3 atom stereocenters. The monoisotopic (exact) mass is 386 g/mol. The van der Waals surface area contributed by atoms with E-state index in [9.17, 15) is 13.7 Å². The van der Waals surface area contributed by atoms with E-state index in [0.717, 1.165) is 6.42 Å². The lowest BCUT2D eigenvalue weighted by Crippen LogP contribution is -2.41. The number of amides is 1. The second-order valence-electron chi connectivity index (χ2n) is 7.52. The zero-order valence-electron chi connectivity index (χ0n) is 15.6. The summed E-state index contributed by atoms with van der Waals surface area (Å²) in [6.45, 7) is 9.06. The van der Waals surface area contributed by atoms with Gasteiger partial charge >= 0.3 is 6.09 Å². The highest BCUT2D eigenvalue weighted by atomic mass is 32.2. The highest BCUT2D eigenvalue weighted by Crippen LogP contribution is 2.30. The number of rotatable bonds is 6. The number of carbonyl (C=O) groups excluding carboxylic acids is 1. The first-order valence-electron chi connectivity index (χ1n) is 8.58. The number of nitrogens with zero attached hydrogens (tertiary/aromatic N) is 2. The van der Waals surface area contributed by atoms with Crippen molar-refractivity contribution in [2.45, 2.75) is 44.9 Å². The normalized spacial score (nSPS) is 20.1. The van der Waals surface area contributed by atoms with Gasteiger partial charge in [0.05, 0.1) is 18.8 Å². The fourth-order valence-electron chi connectivity index (χ4n) is 2.79. The highest BCUT2D eigenvalue weighted by molar-refractivity contribution is 7.90. The van der Waals surface area contributed by atoms with E-state index >= 15 is 0 Å². The molecule has 1 aliphatic heterocycles. The minimum Gasteiger partial charge on any atom is -0.598 e. The van der Waals surface area contributed by atoms with Crippen molar-refractivity contribution in [2.24, 2.45) is 11.7 Å². The third-order valence-electron chi connectivity index (χ3n) is 4.21. The first-order valence-corrected chi connectivity index (χ1v) is 9.73. The third kappa shape index (κ3) is 5.46. The van der Waals surface area contributed by atoms with Crippen molar-refractivity contribution in [1.29, 1.82) is 0 Å². The maximum atomic E-state index is 13.8. The predicted molar refractivity (Wildman–Crippen MR) is 99.5 cm³/mol. The van der Waals surface area contributed by atoms with Crippen molar-refractivity contribution in [1.82, 2.24) is 9.71 Å². The molecule has 1 aromatic heterocycles. The first kappa shape index (κ1) is 20.7. The van der Waals surface area contributed by atoms with E-state index in [1.165, 1.54) is 12.3 Å². The van der Waals surface area contributed by atoms with Crippen molar-refractivity contribution in [3.8, 4) is 0 Å². The van der Waals surface area contributed by atoms with Gasteiger partial charge in [-0.15, -0.1) is 4.72 Å².